The number of nitrogens with two attached hydrogens (primary N) is 1. The average molecular weight is 281 g/mol. The molecule has 0 atom stereocenters. The van der Waals surface area contributed by atoms with Crippen LogP contribution in [0.25, 0.3) is 0 Å². The van der Waals surface area contributed by atoms with Gasteiger partial charge in [0.2, 0.25) is 5.91 Å². The van der Waals surface area contributed by atoms with Crippen molar-refractivity contribution in [2.75, 3.05) is 39.3 Å². The molecule has 0 spiro atoms. The lowest BCUT2D eigenvalue weighted by Gasteiger charge is -2.35. The van der Waals surface area contributed by atoms with Crippen molar-refractivity contribution in [3.8, 4) is 0 Å². The summed E-state index contributed by atoms with van der Waals surface area (Å²) < 4.78 is 0. The normalized spacial score (nSPS) is 21.6. The molecule has 1 amide bonds. The van der Waals surface area contributed by atoms with E-state index in [1.807, 2.05) is 0 Å². The molecule has 2 N–H and O–H groups in total. The van der Waals surface area contributed by atoms with Crippen molar-refractivity contribution in [2.45, 2.75) is 51.4 Å². The maximum atomic E-state index is 12.2. The highest BCUT2D eigenvalue weighted by atomic mass is 16.2. The van der Waals surface area contributed by atoms with Gasteiger partial charge in [-0.2, -0.15) is 0 Å². The molecule has 20 heavy (non-hydrogen) atoms. The molecule has 2 aliphatic rings. The van der Waals surface area contributed by atoms with E-state index < -0.39 is 0 Å². The van der Waals surface area contributed by atoms with Gasteiger partial charge in [-0.25, -0.2) is 0 Å². The molecule has 1 saturated carbocycles. The predicted molar refractivity (Wildman–Crippen MR) is 82.5 cm³/mol. The first-order chi connectivity index (χ1) is 9.79. The Kier molecular flexibility index (Phi) is 6.80. The Labute approximate surface area is 123 Å². The highest BCUT2D eigenvalue weighted by molar-refractivity contribution is 5.76. The van der Waals surface area contributed by atoms with Crippen LogP contribution < -0.4 is 5.73 Å². The smallest absolute Gasteiger partial charge is 0.222 e. The summed E-state index contributed by atoms with van der Waals surface area (Å²) in [6.45, 7) is 5.86. The highest BCUT2D eigenvalue weighted by Crippen LogP contribution is 2.28. The number of hydrogen-bond donors (Lipinski definition) is 1. The number of carbonyl (C=O) groups excluding carboxylic acids is 1. The van der Waals surface area contributed by atoms with E-state index in [-0.39, 0.29) is 0 Å². The first-order valence-electron chi connectivity index (χ1n) is 8.50. The first kappa shape index (κ1) is 15.8. The second-order valence-corrected chi connectivity index (χ2v) is 6.41. The summed E-state index contributed by atoms with van der Waals surface area (Å²) in [7, 11) is 0. The molecular formula is C16H31N3O. The van der Waals surface area contributed by atoms with Gasteiger partial charge < -0.3 is 10.6 Å². The van der Waals surface area contributed by atoms with Crippen LogP contribution in [0.5, 0.6) is 0 Å². The zero-order valence-electron chi connectivity index (χ0n) is 12.9. The molecule has 1 saturated heterocycles. The summed E-state index contributed by atoms with van der Waals surface area (Å²) in [5.74, 6) is 1.22. The number of rotatable bonds is 7. The van der Waals surface area contributed by atoms with E-state index in [9.17, 15) is 4.79 Å². The zero-order valence-corrected chi connectivity index (χ0v) is 12.9. The quantitative estimate of drug-likeness (QED) is 0.724. The number of hydrogen-bond acceptors (Lipinski definition) is 3. The molecule has 0 aromatic carbocycles. The Morgan fingerprint density at radius 2 is 1.75 bits per heavy atom. The second kappa shape index (κ2) is 8.63. The third-order valence-electron chi connectivity index (χ3n) is 4.89. The van der Waals surface area contributed by atoms with Gasteiger partial charge in [-0.3, -0.25) is 9.69 Å². The lowest BCUT2D eigenvalue weighted by atomic mass is 10.0. The maximum Gasteiger partial charge on any atom is 0.222 e. The molecule has 0 aromatic heterocycles. The van der Waals surface area contributed by atoms with Gasteiger partial charge in [0.1, 0.15) is 0 Å². The van der Waals surface area contributed by atoms with E-state index in [1.54, 1.807) is 0 Å². The fraction of sp³-hybridized carbons (Fsp3) is 0.938. The number of carbonyl (C=O) groups is 1. The van der Waals surface area contributed by atoms with E-state index >= 15 is 0 Å². The molecule has 116 valence electrons. The Morgan fingerprint density at radius 1 is 1.05 bits per heavy atom. The van der Waals surface area contributed by atoms with Crippen molar-refractivity contribution in [2.24, 2.45) is 11.7 Å². The van der Waals surface area contributed by atoms with Crippen molar-refractivity contribution in [1.29, 1.82) is 0 Å². The summed E-state index contributed by atoms with van der Waals surface area (Å²) in [6, 6.07) is 0. The zero-order chi connectivity index (χ0) is 14.2. The number of unbranched alkanes of at least 4 members (excludes halogenated alkanes) is 1. The Hall–Kier alpha value is -0.610. The fourth-order valence-corrected chi connectivity index (χ4v) is 3.49. The van der Waals surface area contributed by atoms with Crippen LogP contribution in [0.1, 0.15) is 51.4 Å². The second-order valence-electron chi connectivity index (χ2n) is 6.41. The third-order valence-corrected chi connectivity index (χ3v) is 4.89. The minimum atomic E-state index is 0.388. The molecule has 0 bridgehead atoms. The highest BCUT2D eigenvalue weighted by Gasteiger charge is 2.22. The van der Waals surface area contributed by atoms with E-state index in [0.717, 1.165) is 64.4 Å². The van der Waals surface area contributed by atoms with Gasteiger partial charge in [0.25, 0.3) is 0 Å². The molecule has 0 unspecified atom stereocenters. The number of amides is 1. The summed E-state index contributed by atoms with van der Waals surface area (Å²) in [5.41, 5.74) is 5.52. The lowest BCUT2D eigenvalue weighted by Crippen LogP contribution is -2.48. The van der Waals surface area contributed by atoms with Crippen LogP contribution in [0, 0.1) is 5.92 Å². The van der Waals surface area contributed by atoms with E-state index in [4.69, 9.17) is 5.73 Å². The summed E-state index contributed by atoms with van der Waals surface area (Å²) in [6.07, 6.45) is 9.64. The maximum absolute atomic E-state index is 12.2. The third kappa shape index (κ3) is 5.06. The molecule has 2 fully saturated rings. The monoisotopic (exact) mass is 281 g/mol. The first-order valence-corrected chi connectivity index (χ1v) is 8.50. The number of piperazine rings is 1. The standard InChI is InChI=1S/C16H31N3O/c17-9-3-4-10-18-11-13-19(14-12-18)16(20)8-7-15-5-1-2-6-15/h15H,1-14,17H2. The van der Waals surface area contributed by atoms with Gasteiger partial charge >= 0.3 is 0 Å². The molecule has 1 heterocycles. The molecule has 4 heteroatoms. The van der Waals surface area contributed by atoms with E-state index in [2.05, 4.69) is 9.80 Å². The van der Waals surface area contributed by atoms with Gasteiger partial charge in [0, 0.05) is 32.6 Å². The van der Waals surface area contributed by atoms with Crippen LogP contribution in [0.3, 0.4) is 0 Å². The average Bonchev–Trinajstić information content (AvgIpc) is 2.99. The largest absolute Gasteiger partial charge is 0.340 e. The van der Waals surface area contributed by atoms with Gasteiger partial charge in [0.05, 0.1) is 0 Å². The SMILES string of the molecule is NCCCCN1CCN(C(=O)CCC2CCCC2)CC1. The lowest BCUT2D eigenvalue weighted by molar-refractivity contribution is -0.133. The van der Waals surface area contributed by atoms with Crippen LogP contribution in [0.4, 0.5) is 0 Å². The van der Waals surface area contributed by atoms with Crippen LogP contribution in [-0.4, -0.2) is 55.0 Å². The van der Waals surface area contributed by atoms with Gasteiger partial charge in [-0.05, 0) is 38.3 Å². The Balaban J connectivity index is 1.58. The van der Waals surface area contributed by atoms with Crippen LogP contribution in [0.15, 0.2) is 0 Å². The minimum absolute atomic E-state index is 0.388. The van der Waals surface area contributed by atoms with Crippen molar-refractivity contribution in [3.05, 3.63) is 0 Å². The molecule has 1 aliphatic carbocycles. The molecule has 0 aromatic rings. The van der Waals surface area contributed by atoms with Crippen molar-refractivity contribution < 1.29 is 4.79 Å². The molecule has 2 rings (SSSR count). The van der Waals surface area contributed by atoms with Gasteiger partial charge in [0.15, 0.2) is 0 Å². The van der Waals surface area contributed by atoms with Crippen molar-refractivity contribution in [1.82, 2.24) is 9.80 Å². The van der Waals surface area contributed by atoms with Crippen molar-refractivity contribution in [3.63, 3.8) is 0 Å². The molecule has 1 aliphatic heterocycles. The Bertz CT molecular complexity index is 281. The predicted octanol–water partition coefficient (Wildman–Crippen LogP) is 1.84. The van der Waals surface area contributed by atoms with E-state index in [0.29, 0.717) is 5.91 Å². The van der Waals surface area contributed by atoms with Gasteiger partial charge in [-0.15, -0.1) is 0 Å². The fourth-order valence-electron chi connectivity index (χ4n) is 3.49. The van der Waals surface area contributed by atoms with E-state index in [1.165, 1.54) is 32.1 Å². The summed E-state index contributed by atoms with van der Waals surface area (Å²) in [5, 5.41) is 0. The topological polar surface area (TPSA) is 49.6 Å². The summed E-state index contributed by atoms with van der Waals surface area (Å²) in [4.78, 5) is 16.8. The molecule has 0 radical (unpaired) electrons. The number of nitrogens with zero attached hydrogens (tertiary/aromatic N) is 2. The molecule has 4 nitrogen and oxygen atoms in total. The van der Waals surface area contributed by atoms with Crippen LogP contribution in [0.2, 0.25) is 0 Å². The summed E-state index contributed by atoms with van der Waals surface area (Å²) >= 11 is 0. The Morgan fingerprint density at radius 3 is 2.40 bits per heavy atom. The van der Waals surface area contributed by atoms with Crippen LogP contribution >= 0.6 is 0 Å². The van der Waals surface area contributed by atoms with Crippen LogP contribution in [-0.2, 0) is 4.79 Å². The van der Waals surface area contributed by atoms with Crippen molar-refractivity contribution >= 4 is 5.91 Å². The minimum Gasteiger partial charge on any atom is -0.340 e. The van der Waals surface area contributed by atoms with Gasteiger partial charge in [-0.1, -0.05) is 25.7 Å². The molecular weight excluding hydrogens is 250 g/mol.